The van der Waals surface area contributed by atoms with Gasteiger partial charge in [0.2, 0.25) is 0 Å². The van der Waals surface area contributed by atoms with E-state index in [9.17, 15) is 9.59 Å². The summed E-state index contributed by atoms with van der Waals surface area (Å²) in [6.45, 7) is 3.33. The van der Waals surface area contributed by atoms with Crippen LogP contribution in [0.3, 0.4) is 0 Å². The Labute approximate surface area is 97.9 Å². The average molecular weight is 241 g/mol. The maximum atomic E-state index is 11.7. The molecule has 2 atom stereocenters. The van der Waals surface area contributed by atoms with Crippen LogP contribution in [0, 0.1) is 0 Å². The number of aliphatic hydroxyl groups excluding tert-OH is 1. The highest BCUT2D eigenvalue weighted by atomic mass is 16.4. The van der Waals surface area contributed by atoms with Crippen LogP contribution in [0.2, 0.25) is 0 Å². The Hall–Kier alpha value is -1.89. The zero-order chi connectivity index (χ0) is 13.0. The first-order valence-electron chi connectivity index (χ1n) is 5.17. The van der Waals surface area contributed by atoms with E-state index in [1.54, 1.807) is 13.8 Å². The van der Waals surface area contributed by atoms with E-state index in [4.69, 9.17) is 10.2 Å². The second-order valence-corrected chi connectivity index (χ2v) is 3.89. The number of H-pyrrole nitrogens is 1. The molecule has 0 aliphatic rings. The van der Waals surface area contributed by atoms with Crippen molar-refractivity contribution in [2.75, 3.05) is 0 Å². The molecule has 4 N–H and O–H groups in total. The third-order valence-corrected chi connectivity index (χ3v) is 2.14. The van der Waals surface area contributed by atoms with Gasteiger partial charge in [-0.1, -0.05) is 0 Å². The molecule has 1 amide bonds. The number of carbonyl (C=O) groups is 2. The molecule has 0 aromatic carbocycles. The van der Waals surface area contributed by atoms with Gasteiger partial charge in [0.25, 0.3) is 5.91 Å². The van der Waals surface area contributed by atoms with Gasteiger partial charge in [-0.15, -0.1) is 0 Å². The minimum absolute atomic E-state index is 0.157. The molecular formula is C10H15N3O4. The molecule has 0 saturated carbocycles. The molecule has 1 heterocycles. The van der Waals surface area contributed by atoms with Crippen molar-refractivity contribution in [3.05, 3.63) is 17.7 Å². The smallest absolute Gasteiger partial charge is 0.354 e. The highest BCUT2D eigenvalue weighted by Crippen LogP contribution is 2.04. The van der Waals surface area contributed by atoms with Crippen molar-refractivity contribution in [2.45, 2.75) is 32.4 Å². The molecule has 0 saturated heterocycles. The summed E-state index contributed by atoms with van der Waals surface area (Å²) in [7, 11) is 0. The van der Waals surface area contributed by atoms with Gasteiger partial charge in [-0.2, -0.15) is 0 Å². The average Bonchev–Trinajstić information content (AvgIpc) is 2.63. The standard InChI is InChI=1S/C10H15N3O4/c1-5(3-6(2)14)13-9(15)7-8(10(16)17)12-4-11-7/h4-6,14H,3H2,1-2H3,(H,11,12)(H,13,15)(H,16,17). The zero-order valence-corrected chi connectivity index (χ0v) is 9.60. The third-order valence-electron chi connectivity index (χ3n) is 2.14. The quantitative estimate of drug-likeness (QED) is 0.579. The van der Waals surface area contributed by atoms with Crippen molar-refractivity contribution in [1.82, 2.24) is 15.3 Å². The van der Waals surface area contributed by atoms with Crippen molar-refractivity contribution in [2.24, 2.45) is 0 Å². The molecular weight excluding hydrogens is 226 g/mol. The number of aromatic amines is 1. The summed E-state index contributed by atoms with van der Waals surface area (Å²) in [5.74, 6) is -1.81. The lowest BCUT2D eigenvalue weighted by atomic mass is 10.1. The Bertz CT molecular complexity index is 413. The first-order valence-corrected chi connectivity index (χ1v) is 5.17. The predicted molar refractivity (Wildman–Crippen MR) is 58.8 cm³/mol. The van der Waals surface area contributed by atoms with Crippen molar-refractivity contribution in [1.29, 1.82) is 0 Å². The lowest BCUT2D eigenvalue weighted by Crippen LogP contribution is -2.35. The molecule has 7 nitrogen and oxygen atoms in total. The van der Waals surface area contributed by atoms with E-state index >= 15 is 0 Å². The van der Waals surface area contributed by atoms with Gasteiger partial charge in [-0.25, -0.2) is 9.78 Å². The van der Waals surface area contributed by atoms with E-state index in [-0.39, 0.29) is 17.4 Å². The molecule has 0 radical (unpaired) electrons. The Morgan fingerprint density at radius 3 is 2.71 bits per heavy atom. The fraction of sp³-hybridized carbons (Fsp3) is 0.500. The Balaban J connectivity index is 2.70. The van der Waals surface area contributed by atoms with Gasteiger partial charge in [-0.05, 0) is 20.3 Å². The number of nitrogens with zero attached hydrogens (tertiary/aromatic N) is 1. The second-order valence-electron chi connectivity index (χ2n) is 3.89. The molecule has 0 bridgehead atoms. The van der Waals surface area contributed by atoms with Crippen LogP contribution in [0.4, 0.5) is 0 Å². The molecule has 1 aromatic heterocycles. The van der Waals surface area contributed by atoms with Crippen LogP contribution in [0.15, 0.2) is 6.33 Å². The van der Waals surface area contributed by atoms with Gasteiger partial charge >= 0.3 is 5.97 Å². The van der Waals surface area contributed by atoms with Crippen molar-refractivity contribution in [3.63, 3.8) is 0 Å². The minimum Gasteiger partial charge on any atom is -0.477 e. The van der Waals surface area contributed by atoms with E-state index in [2.05, 4.69) is 15.3 Å². The number of nitrogens with one attached hydrogen (secondary N) is 2. The fourth-order valence-electron chi connectivity index (χ4n) is 1.49. The summed E-state index contributed by atoms with van der Waals surface area (Å²) in [5, 5.41) is 20.5. The molecule has 2 unspecified atom stereocenters. The third kappa shape index (κ3) is 3.56. The molecule has 17 heavy (non-hydrogen) atoms. The van der Waals surface area contributed by atoms with Gasteiger partial charge in [0, 0.05) is 6.04 Å². The number of hydrogen-bond acceptors (Lipinski definition) is 4. The summed E-state index contributed by atoms with van der Waals surface area (Å²) in [4.78, 5) is 28.5. The number of hydrogen-bond donors (Lipinski definition) is 4. The number of imidazole rings is 1. The predicted octanol–water partition coefficient (Wildman–Crippen LogP) is -0.00290. The van der Waals surface area contributed by atoms with Gasteiger partial charge in [0.05, 0.1) is 12.4 Å². The Morgan fingerprint density at radius 1 is 1.53 bits per heavy atom. The van der Waals surface area contributed by atoms with E-state index < -0.39 is 18.0 Å². The van der Waals surface area contributed by atoms with E-state index in [1.807, 2.05) is 0 Å². The van der Waals surface area contributed by atoms with Crippen molar-refractivity contribution in [3.8, 4) is 0 Å². The van der Waals surface area contributed by atoms with Crippen LogP contribution in [0.25, 0.3) is 0 Å². The number of carboxylic acids is 1. The molecule has 0 aliphatic carbocycles. The zero-order valence-electron chi connectivity index (χ0n) is 9.60. The monoisotopic (exact) mass is 241 g/mol. The number of aromatic nitrogens is 2. The normalized spacial score (nSPS) is 14.1. The molecule has 94 valence electrons. The number of rotatable bonds is 5. The van der Waals surface area contributed by atoms with E-state index in [1.165, 1.54) is 0 Å². The van der Waals surface area contributed by atoms with Gasteiger partial charge in [-0.3, -0.25) is 4.79 Å². The van der Waals surface area contributed by atoms with Crippen LogP contribution in [0.1, 0.15) is 41.2 Å². The SMILES string of the molecule is CC(O)CC(C)NC(=O)c1nc[nH]c1C(=O)O. The lowest BCUT2D eigenvalue weighted by molar-refractivity contribution is 0.0683. The van der Waals surface area contributed by atoms with Crippen LogP contribution < -0.4 is 5.32 Å². The minimum atomic E-state index is -1.24. The molecule has 0 spiro atoms. The summed E-state index contributed by atoms with van der Waals surface area (Å²) in [5.41, 5.74) is -0.401. The maximum absolute atomic E-state index is 11.7. The highest BCUT2D eigenvalue weighted by Gasteiger charge is 2.21. The first-order chi connectivity index (χ1) is 7.91. The number of carbonyl (C=O) groups excluding carboxylic acids is 1. The Kier molecular flexibility index (Phi) is 4.22. The summed E-state index contributed by atoms with van der Waals surface area (Å²) >= 11 is 0. The van der Waals surface area contributed by atoms with E-state index in [0.717, 1.165) is 6.33 Å². The number of amides is 1. The highest BCUT2D eigenvalue weighted by molar-refractivity contribution is 6.02. The topological polar surface area (TPSA) is 115 Å². The van der Waals surface area contributed by atoms with Crippen LogP contribution in [0.5, 0.6) is 0 Å². The molecule has 0 aliphatic heterocycles. The molecule has 0 fully saturated rings. The van der Waals surface area contributed by atoms with Gasteiger partial charge < -0.3 is 20.5 Å². The van der Waals surface area contributed by atoms with Gasteiger partial charge in [0.1, 0.15) is 0 Å². The lowest BCUT2D eigenvalue weighted by Gasteiger charge is -2.14. The summed E-state index contributed by atoms with van der Waals surface area (Å²) in [6.07, 6.45) is 0.999. The van der Waals surface area contributed by atoms with Crippen molar-refractivity contribution >= 4 is 11.9 Å². The van der Waals surface area contributed by atoms with Crippen LogP contribution in [-0.4, -0.2) is 44.2 Å². The number of carboxylic acid groups (broad SMARTS) is 1. The van der Waals surface area contributed by atoms with Gasteiger partial charge in [0.15, 0.2) is 11.4 Å². The van der Waals surface area contributed by atoms with Crippen LogP contribution in [-0.2, 0) is 0 Å². The molecule has 1 rings (SSSR count). The maximum Gasteiger partial charge on any atom is 0.354 e. The number of aliphatic hydroxyl groups is 1. The number of aromatic carboxylic acids is 1. The summed E-state index contributed by atoms with van der Waals surface area (Å²) < 4.78 is 0. The van der Waals surface area contributed by atoms with E-state index in [0.29, 0.717) is 6.42 Å². The van der Waals surface area contributed by atoms with Crippen molar-refractivity contribution < 1.29 is 19.8 Å². The first kappa shape index (κ1) is 13.2. The fourth-order valence-corrected chi connectivity index (χ4v) is 1.49. The van der Waals surface area contributed by atoms with Crippen LogP contribution >= 0.6 is 0 Å². The molecule has 1 aromatic rings. The largest absolute Gasteiger partial charge is 0.477 e. The summed E-state index contributed by atoms with van der Waals surface area (Å²) in [6, 6.07) is -0.263. The Morgan fingerprint density at radius 2 is 2.18 bits per heavy atom. The molecule has 7 heteroatoms. The second kappa shape index (κ2) is 5.44.